The van der Waals surface area contributed by atoms with E-state index in [1.807, 2.05) is 50.2 Å². The maximum Gasteiger partial charge on any atom is 0.434 e. The number of halogens is 7. The van der Waals surface area contributed by atoms with Gasteiger partial charge >= 0.3 is 18.4 Å². The van der Waals surface area contributed by atoms with Gasteiger partial charge in [0.15, 0.2) is 0 Å². The highest BCUT2D eigenvalue weighted by Gasteiger charge is 2.60. The maximum atomic E-state index is 12.7. The summed E-state index contributed by atoms with van der Waals surface area (Å²) in [5.41, 5.74) is 1.94. The molecule has 1 atom stereocenters. The van der Waals surface area contributed by atoms with Crippen LogP contribution in [-0.4, -0.2) is 90.2 Å². The van der Waals surface area contributed by atoms with Crippen molar-refractivity contribution in [2.24, 2.45) is 0 Å². The van der Waals surface area contributed by atoms with E-state index in [1.54, 1.807) is 6.07 Å². The number of rotatable bonds is 5. The Morgan fingerprint density at radius 2 is 1.63 bits per heavy atom. The van der Waals surface area contributed by atoms with Crippen molar-refractivity contribution in [1.82, 2.24) is 19.8 Å². The SMILES string of the molecule is CC(C)N1C=C(CN2CCN(C(=O)OC(C(F)(F)F)C(F)(F)F)CC2)C(c2ccccc2Cl)N1C. The maximum absolute atomic E-state index is 12.7. The molecule has 0 aliphatic carbocycles. The molecule has 6 nitrogen and oxygen atoms in total. The molecule has 35 heavy (non-hydrogen) atoms. The van der Waals surface area contributed by atoms with Gasteiger partial charge in [0.1, 0.15) is 0 Å². The number of ether oxygens (including phenoxy) is 1. The topological polar surface area (TPSA) is 39.3 Å². The lowest BCUT2D eigenvalue weighted by atomic mass is 9.99. The van der Waals surface area contributed by atoms with Crippen LogP contribution < -0.4 is 0 Å². The summed E-state index contributed by atoms with van der Waals surface area (Å²) >= 11 is 6.46. The quantitative estimate of drug-likeness (QED) is 0.498. The van der Waals surface area contributed by atoms with Gasteiger partial charge in [-0.25, -0.2) is 9.80 Å². The van der Waals surface area contributed by atoms with E-state index in [0.717, 1.165) is 16.0 Å². The Labute approximate surface area is 204 Å². The highest BCUT2D eigenvalue weighted by molar-refractivity contribution is 6.31. The number of likely N-dealkylation sites (N-methyl/N-ethyl adjacent to an activating group) is 1. The summed E-state index contributed by atoms with van der Waals surface area (Å²) in [7, 11) is 1.95. The predicted octanol–water partition coefficient (Wildman–Crippen LogP) is 5.08. The fourth-order valence-corrected chi connectivity index (χ4v) is 4.52. The molecule has 196 valence electrons. The van der Waals surface area contributed by atoms with Crippen LogP contribution in [0.5, 0.6) is 0 Å². The summed E-state index contributed by atoms with van der Waals surface area (Å²) in [4.78, 5) is 14.9. The van der Waals surface area contributed by atoms with Crippen molar-refractivity contribution in [2.75, 3.05) is 39.8 Å². The van der Waals surface area contributed by atoms with E-state index in [4.69, 9.17) is 11.6 Å². The third-order valence-electron chi connectivity index (χ3n) is 5.97. The van der Waals surface area contributed by atoms with E-state index in [2.05, 4.69) is 14.8 Å². The molecule has 0 radical (unpaired) electrons. The number of carbonyl (C=O) groups is 1. The van der Waals surface area contributed by atoms with Gasteiger partial charge in [0.25, 0.3) is 6.10 Å². The molecule has 1 amide bonds. The average Bonchev–Trinajstić information content (AvgIpc) is 3.07. The lowest BCUT2D eigenvalue weighted by molar-refractivity contribution is -0.308. The lowest BCUT2D eigenvalue weighted by Crippen LogP contribution is -2.53. The van der Waals surface area contributed by atoms with Gasteiger partial charge in [0.2, 0.25) is 0 Å². The van der Waals surface area contributed by atoms with Crippen molar-refractivity contribution < 1.29 is 35.9 Å². The van der Waals surface area contributed by atoms with Crippen LogP contribution in [0, 0.1) is 0 Å². The smallest absolute Gasteiger partial charge is 0.426 e. The molecule has 3 rings (SSSR count). The summed E-state index contributed by atoms with van der Waals surface area (Å²) in [6, 6.07) is 7.50. The monoisotopic (exact) mass is 528 g/mol. The van der Waals surface area contributed by atoms with E-state index < -0.39 is 24.5 Å². The van der Waals surface area contributed by atoms with Crippen LogP contribution in [0.15, 0.2) is 36.0 Å². The predicted molar refractivity (Wildman–Crippen MR) is 117 cm³/mol. The lowest BCUT2D eigenvalue weighted by Gasteiger charge is -2.37. The van der Waals surface area contributed by atoms with Crippen molar-refractivity contribution in [3.63, 3.8) is 0 Å². The molecule has 1 unspecified atom stereocenters. The van der Waals surface area contributed by atoms with Crippen LogP contribution in [0.25, 0.3) is 0 Å². The summed E-state index contributed by atoms with van der Waals surface area (Å²) < 4.78 is 80.1. The second kappa shape index (κ2) is 10.4. The molecule has 2 heterocycles. The molecule has 0 aromatic heterocycles. The van der Waals surface area contributed by atoms with E-state index in [1.165, 1.54) is 0 Å². The zero-order valence-electron chi connectivity index (χ0n) is 19.4. The molecule has 2 aliphatic rings. The molecule has 0 bridgehead atoms. The summed E-state index contributed by atoms with van der Waals surface area (Å²) in [6.45, 7) is 4.97. The van der Waals surface area contributed by atoms with Crippen molar-refractivity contribution in [3.05, 3.63) is 46.6 Å². The molecule has 0 spiro atoms. The summed E-state index contributed by atoms with van der Waals surface area (Å²) in [6.07, 6.45) is -15.3. The van der Waals surface area contributed by atoms with Gasteiger partial charge in [0.05, 0.1) is 6.04 Å². The molecule has 1 fully saturated rings. The molecule has 1 aromatic carbocycles. The fraction of sp³-hybridized carbons (Fsp3) is 0.591. The standard InChI is InChI=1S/C22H27ClF6N4O2/c1-14(2)33-13-15(18(30(33)3)16-6-4-5-7-17(16)23)12-31-8-10-32(11-9-31)20(34)35-19(21(24,25)26)22(27,28)29/h4-7,13-14,18-19H,8-12H2,1-3H3. The Hall–Kier alpha value is -2.18. The van der Waals surface area contributed by atoms with Gasteiger partial charge < -0.3 is 14.6 Å². The fourth-order valence-electron chi connectivity index (χ4n) is 4.28. The van der Waals surface area contributed by atoms with Gasteiger partial charge in [-0.1, -0.05) is 29.8 Å². The first-order valence-electron chi connectivity index (χ1n) is 11.0. The molecule has 13 heteroatoms. The number of hydrogen-bond donors (Lipinski definition) is 0. The van der Waals surface area contributed by atoms with Gasteiger partial charge in [-0.15, -0.1) is 0 Å². The molecule has 1 saturated heterocycles. The first kappa shape index (κ1) is 27.4. The molecular weight excluding hydrogens is 502 g/mol. The van der Waals surface area contributed by atoms with Crippen LogP contribution in [-0.2, 0) is 4.74 Å². The second-order valence-electron chi connectivity index (χ2n) is 8.79. The molecular formula is C22H27ClF6N4O2. The van der Waals surface area contributed by atoms with E-state index in [-0.39, 0.29) is 38.3 Å². The van der Waals surface area contributed by atoms with Crippen LogP contribution in [0.2, 0.25) is 5.02 Å². The van der Waals surface area contributed by atoms with Crippen LogP contribution in [0.3, 0.4) is 0 Å². The van der Waals surface area contributed by atoms with Crippen molar-refractivity contribution >= 4 is 17.7 Å². The van der Waals surface area contributed by atoms with Crippen molar-refractivity contribution in [1.29, 1.82) is 0 Å². The Bertz CT molecular complexity index is 917. The van der Waals surface area contributed by atoms with E-state index in [0.29, 0.717) is 11.6 Å². The Morgan fingerprint density at radius 1 is 1.06 bits per heavy atom. The number of amides is 1. The van der Waals surface area contributed by atoms with Crippen LogP contribution >= 0.6 is 11.6 Å². The number of nitrogens with zero attached hydrogens (tertiary/aromatic N) is 4. The number of hydrogen-bond acceptors (Lipinski definition) is 5. The van der Waals surface area contributed by atoms with Gasteiger partial charge in [0, 0.05) is 57.0 Å². The third kappa shape index (κ3) is 6.34. The van der Waals surface area contributed by atoms with E-state index >= 15 is 0 Å². The van der Waals surface area contributed by atoms with Crippen LogP contribution in [0.1, 0.15) is 25.5 Å². The third-order valence-corrected chi connectivity index (χ3v) is 6.31. The second-order valence-corrected chi connectivity index (χ2v) is 9.19. The molecule has 0 saturated carbocycles. The minimum absolute atomic E-state index is 0.0605. The number of piperazine rings is 1. The Morgan fingerprint density at radius 3 is 2.14 bits per heavy atom. The molecule has 1 aromatic rings. The molecule has 0 N–H and O–H groups in total. The number of benzene rings is 1. The number of hydrazine groups is 1. The zero-order valence-corrected chi connectivity index (χ0v) is 20.2. The van der Waals surface area contributed by atoms with Gasteiger partial charge in [-0.05, 0) is 31.1 Å². The van der Waals surface area contributed by atoms with Gasteiger partial charge in [-0.2, -0.15) is 26.3 Å². The average molecular weight is 529 g/mol. The zero-order chi connectivity index (χ0) is 26.1. The Balaban J connectivity index is 1.66. The number of carbonyl (C=O) groups excluding carboxylic acids is 1. The van der Waals surface area contributed by atoms with Gasteiger partial charge in [-0.3, -0.25) is 4.90 Å². The highest BCUT2D eigenvalue weighted by atomic mass is 35.5. The molecule has 2 aliphatic heterocycles. The minimum Gasteiger partial charge on any atom is -0.426 e. The first-order chi connectivity index (χ1) is 16.2. The van der Waals surface area contributed by atoms with Crippen molar-refractivity contribution in [3.8, 4) is 0 Å². The largest absolute Gasteiger partial charge is 0.434 e. The Kier molecular flexibility index (Phi) is 8.17. The van der Waals surface area contributed by atoms with Crippen LogP contribution in [0.4, 0.5) is 31.1 Å². The summed E-state index contributed by atoms with van der Waals surface area (Å²) in [5.74, 6) is 0. The van der Waals surface area contributed by atoms with Crippen molar-refractivity contribution in [2.45, 2.75) is 44.4 Å². The minimum atomic E-state index is -5.74. The normalized spacial score (nSPS) is 20.7. The summed E-state index contributed by atoms with van der Waals surface area (Å²) in [5, 5.41) is 4.76. The first-order valence-corrected chi connectivity index (χ1v) is 11.4. The van der Waals surface area contributed by atoms with E-state index in [9.17, 15) is 31.1 Å². The number of alkyl halides is 6. The highest BCUT2D eigenvalue weighted by Crippen LogP contribution is 2.39.